The summed E-state index contributed by atoms with van der Waals surface area (Å²) in [6, 6.07) is 7.75. The van der Waals surface area contributed by atoms with Crippen LogP contribution in [0.15, 0.2) is 24.3 Å². The van der Waals surface area contributed by atoms with Crippen molar-refractivity contribution in [1.82, 2.24) is 13.9 Å². The van der Waals surface area contributed by atoms with E-state index < -0.39 is 16.3 Å². The monoisotopic (exact) mass is 425 g/mol. The fourth-order valence-electron chi connectivity index (χ4n) is 3.62. The number of carbonyl (C=O) groups excluding carboxylic acids is 1. The average molecular weight is 426 g/mol. The number of fused-ring (bicyclic) bond motifs is 1. The first-order valence-electron chi connectivity index (χ1n) is 9.20. The van der Waals surface area contributed by atoms with Crippen molar-refractivity contribution in [2.75, 3.05) is 53.0 Å². The highest BCUT2D eigenvalue weighted by molar-refractivity contribution is 7.86. The van der Waals surface area contributed by atoms with Gasteiger partial charge in [0.2, 0.25) is 0 Å². The molecule has 1 amide bonds. The Labute approximate surface area is 168 Å². The second-order valence-corrected chi connectivity index (χ2v) is 9.64. The molecule has 0 bridgehead atoms. The minimum absolute atomic E-state index is 0.185. The van der Waals surface area contributed by atoms with Gasteiger partial charge in [-0.25, -0.2) is 0 Å². The Kier molecular flexibility index (Phi) is 5.68. The molecule has 1 N–H and O–H groups in total. The molecule has 2 saturated heterocycles. The lowest BCUT2D eigenvalue weighted by molar-refractivity contribution is -0.00557. The third-order valence-electron chi connectivity index (χ3n) is 5.04. The highest BCUT2D eigenvalue weighted by Crippen LogP contribution is 2.38. The van der Waals surface area contributed by atoms with Gasteiger partial charge in [0.1, 0.15) is 0 Å². The zero-order valence-corrected chi connectivity index (χ0v) is 17.2. The Morgan fingerprint density at radius 2 is 1.86 bits per heavy atom. The largest absolute Gasteiger partial charge is 0.379 e. The molecule has 28 heavy (non-hydrogen) atoms. The molecule has 2 aromatic rings. The Bertz CT molecular complexity index is 969. The maximum atomic E-state index is 13.1. The van der Waals surface area contributed by atoms with Crippen LogP contribution in [0.5, 0.6) is 0 Å². The maximum Gasteiger partial charge on any atom is 0.282 e. The van der Waals surface area contributed by atoms with Crippen LogP contribution in [-0.4, -0.2) is 76.0 Å². The summed E-state index contributed by atoms with van der Waals surface area (Å²) >= 11 is 1.40. The zero-order valence-electron chi connectivity index (χ0n) is 15.6. The van der Waals surface area contributed by atoms with Crippen molar-refractivity contribution >= 4 is 37.5 Å². The van der Waals surface area contributed by atoms with Gasteiger partial charge in [0.05, 0.1) is 30.8 Å². The van der Waals surface area contributed by atoms with Crippen LogP contribution in [0.3, 0.4) is 0 Å². The molecule has 8 nitrogen and oxygen atoms in total. The van der Waals surface area contributed by atoms with E-state index in [2.05, 4.69) is 5.32 Å². The van der Waals surface area contributed by atoms with E-state index in [0.29, 0.717) is 37.7 Å². The third kappa shape index (κ3) is 3.56. The number of amides is 1. The molecule has 4 rings (SSSR count). The Balaban J connectivity index is 1.67. The van der Waals surface area contributed by atoms with Crippen molar-refractivity contribution in [1.29, 1.82) is 0 Å². The minimum Gasteiger partial charge on any atom is -0.379 e. The first-order chi connectivity index (χ1) is 13.5. The summed E-state index contributed by atoms with van der Waals surface area (Å²) in [6.07, 6.45) is -0.493. The molecule has 2 aliphatic rings. The molecule has 2 aliphatic heterocycles. The predicted molar refractivity (Wildman–Crippen MR) is 107 cm³/mol. The predicted octanol–water partition coefficient (Wildman–Crippen LogP) is 1.21. The van der Waals surface area contributed by atoms with E-state index in [1.807, 2.05) is 24.3 Å². The van der Waals surface area contributed by atoms with E-state index in [4.69, 9.17) is 9.47 Å². The smallest absolute Gasteiger partial charge is 0.282 e. The number of carbonyl (C=O) groups is 1. The van der Waals surface area contributed by atoms with Gasteiger partial charge in [-0.15, -0.1) is 11.3 Å². The lowest BCUT2D eigenvalue weighted by Gasteiger charge is -2.37. The van der Waals surface area contributed by atoms with E-state index >= 15 is 0 Å². The lowest BCUT2D eigenvalue weighted by Crippen LogP contribution is -2.52. The second-order valence-electron chi connectivity index (χ2n) is 6.66. The van der Waals surface area contributed by atoms with Gasteiger partial charge in [0, 0.05) is 43.5 Å². The quantitative estimate of drug-likeness (QED) is 0.796. The first-order valence-corrected chi connectivity index (χ1v) is 11.4. The van der Waals surface area contributed by atoms with Gasteiger partial charge in [0.25, 0.3) is 16.1 Å². The Hall–Kier alpha value is -1.56. The topological polar surface area (TPSA) is 88.2 Å². The number of ether oxygens (including phenoxy) is 2. The summed E-state index contributed by atoms with van der Waals surface area (Å²) in [4.78, 5) is 13.0. The first kappa shape index (κ1) is 19.7. The molecule has 0 unspecified atom stereocenters. The third-order valence-corrected chi connectivity index (χ3v) is 8.23. The summed E-state index contributed by atoms with van der Waals surface area (Å²) in [5.74, 6) is -0.187. The van der Waals surface area contributed by atoms with Crippen LogP contribution in [-0.2, 0) is 19.7 Å². The van der Waals surface area contributed by atoms with Crippen molar-refractivity contribution in [3.63, 3.8) is 0 Å². The summed E-state index contributed by atoms with van der Waals surface area (Å²) in [6.45, 7) is 2.29. The van der Waals surface area contributed by atoms with Crippen molar-refractivity contribution in [2.45, 2.75) is 6.10 Å². The molecule has 1 aromatic heterocycles. The lowest BCUT2D eigenvalue weighted by atomic mass is 10.0. The van der Waals surface area contributed by atoms with Gasteiger partial charge in [-0.3, -0.25) is 4.79 Å². The van der Waals surface area contributed by atoms with Crippen LogP contribution in [0.25, 0.3) is 10.1 Å². The molecule has 1 atom stereocenters. The highest BCUT2D eigenvalue weighted by Gasteiger charge is 2.37. The van der Waals surface area contributed by atoms with Gasteiger partial charge in [-0.1, -0.05) is 18.2 Å². The minimum atomic E-state index is -3.59. The van der Waals surface area contributed by atoms with Crippen LogP contribution >= 0.6 is 11.3 Å². The Morgan fingerprint density at radius 1 is 1.14 bits per heavy atom. The molecule has 0 aliphatic carbocycles. The molecule has 0 spiro atoms. The normalized spacial score (nSPS) is 22.4. The molecular formula is C18H23N3O5S2. The van der Waals surface area contributed by atoms with E-state index in [-0.39, 0.29) is 19.1 Å². The average Bonchev–Trinajstić information content (AvgIpc) is 3.13. The van der Waals surface area contributed by atoms with Gasteiger partial charge >= 0.3 is 0 Å². The number of hydrogen-bond acceptors (Lipinski definition) is 6. The molecular weight excluding hydrogens is 402 g/mol. The van der Waals surface area contributed by atoms with Gasteiger partial charge < -0.3 is 14.8 Å². The van der Waals surface area contributed by atoms with Gasteiger partial charge in [-0.05, 0) is 11.5 Å². The molecule has 0 radical (unpaired) electrons. The SMILES string of the molecule is CNC(=O)c1sc2ccccc2c1[C@H]1CN(S(=O)(=O)N2CCOCC2)CCO1. The standard InChI is InChI=1S/C18H23N3O5S2/c1-19-18(22)17-16(13-4-2-3-5-15(13)27-17)14-12-21(8-11-26-14)28(23,24)20-6-9-25-10-7-20/h2-5,14H,6-12H2,1H3,(H,19,22)/t14-/m1/s1. The van der Waals surface area contributed by atoms with Crippen molar-refractivity contribution in [2.24, 2.45) is 0 Å². The number of nitrogens with one attached hydrogen (secondary N) is 1. The number of nitrogens with zero attached hydrogens (tertiary/aromatic N) is 2. The van der Waals surface area contributed by atoms with Crippen LogP contribution in [0.2, 0.25) is 0 Å². The molecule has 3 heterocycles. The number of morpholine rings is 2. The van der Waals surface area contributed by atoms with E-state index in [9.17, 15) is 13.2 Å². The Morgan fingerprint density at radius 3 is 2.61 bits per heavy atom. The second kappa shape index (κ2) is 8.05. The van der Waals surface area contributed by atoms with E-state index in [1.165, 1.54) is 19.9 Å². The van der Waals surface area contributed by atoms with Crippen LogP contribution < -0.4 is 5.32 Å². The summed E-state index contributed by atoms with van der Waals surface area (Å²) in [5, 5.41) is 3.61. The fraction of sp³-hybridized carbons (Fsp3) is 0.500. The number of rotatable bonds is 4. The number of benzene rings is 1. The molecule has 152 valence electrons. The van der Waals surface area contributed by atoms with Crippen molar-refractivity contribution < 1.29 is 22.7 Å². The molecule has 2 fully saturated rings. The number of hydrogen-bond donors (Lipinski definition) is 1. The van der Waals surface area contributed by atoms with Gasteiger partial charge in [-0.2, -0.15) is 17.0 Å². The van der Waals surface area contributed by atoms with Crippen molar-refractivity contribution in [3.8, 4) is 0 Å². The highest BCUT2D eigenvalue weighted by atomic mass is 32.2. The van der Waals surface area contributed by atoms with Crippen LogP contribution in [0.4, 0.5) is 0 Å². The van der Waals surface area contributed by atoms with Crippen molar-refractivity contribution in [3.05, 3.63) is 34.7 Å². The van der Waals surface area contributed by atoms with E-state index in [1.54, 1.807) is 7.05 Å². The van der Waals surface area contributed by atoms with Crippen LogP contribution in [0.1, 0.15) is 21.3 Å². The maximum absolute atomic E-state index is 13.1. The van der Waals surface area contributed by atoms with Gasteiger partial charge in [0.15, 0.2) is 0 Å². The zero-order chi connectivity index (χ0) is 19.7. The number of thiophene rings is 1. The summed E-state index contributed by atoms with van der Waals surface area (Å²) < 4.78 is 41.3. The van der Waals surface area contributed by atoms with Crippen LogP contribution in [0, 0.1) is 0 Å². The van der Waals surface area contributed by atoms with E-state index in [0.717, 1.165) is 15.6 Å². The fourth-order valence-corrected chi connectivity index (χ4v) is 6.38. The molecule has 10 heteroatoms. The molecule has 0 saturated carbocycles. The summed E-state index contributed by atoms with van der Waals surface area (Å²) in [5.41, 5.74) is 0.766. The summed E-state index contributed by atoms with van der Waals surface area (Å²) in [7, 11) is -2.00. The molecule has 1 aromatic carbocycles.